The third kappa shape index (κ3) is 2.72. The van der Waals surface area contributed by atoms with Crippen molar-refractivity contribution < 1.29 is 9.53 Å². The molecule has 3 aromatic rings. The Morgan fingerprint density at radius 2 is 1.86 bits per heavy atom. The minimum Gasteiger partial charge on any atom is -0.443 e. The molecule has 0 aliphatic carbocycles. The number of rotatable bonds is 1. The molecule has 0 unspecified atom stereocenters. The standard InChI is InChI=1S/C18H18N2O2/c1-18(2,3)22-17(21)20-15-9-10-19-12-14(15)11-16(20)13-7-5-4-6-8-13/h4-12H,1-3H3. The Morgan fingerprint density at radius 3 is 2.55 bits per heavy atom. The summed E-state index contributed by atoms with van der Waals surface area (Å²) < 4.78 is 7.16. The normalized spacial score (nSPS) is 11.6. The molecule has 0 atom stereocenters. The smallest absolute Gasteiger partial charge is 0.419 e. The summed E-state index contributed by atoms with van der Waals surface area (Å²) in [4.78, 5) is 16.8. The van der Waals surface area contributed by atoms with E-state index in [9.17, 15) is 4.79 Å². The molecule has 0 fully saturated rings. The molecule has 2 heterocycles. The van der Waals surface area contributed by atoms with Crippen LogP contribution in [0.5, 0.6) is 0 Å². The van der Waals surface area contributed by atoms with Gasteiger partial charge in [-0.1, -0.05) is 30.3 Å². The van der Waals surface area contributed by atoms with Crippen LogP contribution < -0.4 is 0 Å². The molecule has 4 nitrogen and oxygen atoms in total. The summed E-state index contributed by atoms with van der Waals surface area (Å²) in [5.41, 5.74) is 2.01. The fourth-order valence-electron chi connectivity index (χ4n) is 2.38. The van der Waals surface area contributed by atoms with Gasteiger partial charge in [0.05, 0.1) is 11.2 Å². The van der Waals surface area contributed by atoms with Gasteiger partial charge in [0.2, 0.25) is 0 Å². The molecule has 0 saturated carbocycles. The highest BCUT2D eigenvalue weighted by Gasteiger charge is 2.22. The van der Waals surface area contributed by atoms with Crippen LogP contribution in [0.15, 0.2) is 54.9 Å². The molecule has 1 aromatic carbocycles. The van der Waals surface area contributed by atoms with Gasteiger partial charge in [-0.15, -0.1) is 0 Å². The Balaban J connectivity index is 2.20. The van der Waals surface area contributed by atoms with Crippen LogP contribution in [-0.2, 0) is 4.74 Å². The van der Waals surface area contributed by atoms with Gasteiger partial charge in [0.15, 0.2) is 0 Å². The third-order valence-corrected chi connectivity index (χ3v) is 3.25. The van der Waals surface area contributed by atoms with Crippen molar-refractivity contribution in [1.82, 2.24) is 9.55 Å². The summed E-state index contributed by atoms with van der Waals surface area (Å²) in [5, 5.41) is 0.909. The van der Waals surface area contributed by atoms with Gasteiger partial charge in [0.25, 0.3) is 0 Å². The van der Waals surface area contributed by atoms with E-state index in [-0.39, 0.29) is 6.09 Å². The van der Waals surface area contributed by atoms with Crippen molar-refractivity contribution in [1.29, 1.82) is 0 Å². The molecule has 4 heteroatoms. The maximum atomic E-state index is 12.6. The minimum absolute atomic E-state index is 0.382. The Morgan fingerprint density at radius 1 is 1.14 bits per heavy atom. The van der Waals surface area contributed by atoms with Crippen LogP contribution in [0.2, 0.25) is 0 Å². The quantitative estimate of drug-likeness (QED) is 0.664. The average molecular weight is 294 g/mol. The molecule has 22 heavy (non-hydrogen) atoms. The van der Waals surface area contributed by atoms with Crippen molar-refractivity contribution in [2.75, 3.05) is 0 Å². The summed E-state index contributed by atoms with van der Waals surface area (Å²) in [5.74, 6) is 0. The van der Waals surface area contributed by atoms with E-state index in [1.807, 2.05) is 63.2 Å². The summed E-state index contributed by atoms with van der Waals surface area (Å²) in [6.07, 6.45) is 3.05. The number of ether oxygens (including phenoxy) is 1. The van der Waals surface area contributed by atoms with Gasteiger partial charge in [0.1, 0.15) is 5.60 Å². The monoisotopic (exact) mass is 294 g/mol. The van der Waals surface area contributed by atoms with Gasteiger partial charge in [0, 0.05) is 17.8 Å². The highest BCUT2D eigenvalue weighted by atomic mass is 16.6. The molecule has 0 radical (unpaired) electrons. The van der Waals surface area contributed by atoms with Crippen molar-refractivity contribution in [2.45, 2.75) is 26.4 Å². The second-order valence-corrected chi connectivity index (χ2v) is 6.15. The van der Waals surface area contributed by atoms with Crippen molar-refractivity contribution in [3.63, 3.8) is 0 Å². The molecule has 0 aliphatic heterocycles. The molecule has 0 aliphatic rings. The molecule has 2 aromatic heterocycles. The minimum atomic E-state index is -0.547. The van der Waals surface area contributed by atoms with Crippen molar-refractivity contribution >= 4 is 17.0 Å². The molecule has 3 rings (SSSR count). The summed E-state index contributed by atoms with van der Waals surface area (Å²) in [6.45, 7) is 5.58. The molecule has 0 spiro atoms. The van der Waals surface area contributed by atoms with Crippen LogP contribution in [0.3, 0.4) is 0 Å². The number of nitrogens with zero attached hydrogens (tertiary/aromatic N) is 2. The first kappa shape index (κ1) is 14.3. The first-order valence-electron chi connectivity index (χ1n) is 7.20. The first-order chi connectivity index (χ1) is 10.5. The van der Waals surface area contributed by atoms with E-state index in [0.29, 0.717) is 0 Å². The molecule has 0 saturated heterocycles. The van der Waals surface area contributed by atoms with Gasteiger partial charge in [-0.25, -0.2) is 9.36 Å². The lowest BCUT2D eigenvalue weighted by Gasteiger charge is -2.21. The lowest BCUT2D eigenvalue weighted by Crippen LogP contribution is -2.27. The molecule has 0 amide bonds. The van der Waals surface area contributed by atoms with Gasteiger partial charge in [-0.2, -0.15) is 0 Å². The van der Waals surface area contributed by atoms with Gasteiger partial charge < -0.3 is 4.74 Å². The maximum absolute atomic E-state index is 12.6. The SMILES string of the molecule is CC(C)(C)OC(=O)n1c(-c2ccccc2)cc2cnccc21. The highest BCUT2D eigenvalue weighted by Crippen LogP contribution is 2.28. The zero-order valence-corrected chi connectivity index (χ0v) is 12.9. The summed E-state index contributed by atoms with van der Waals surface area (Å²) >= 11 is 0. The topological polar surface area (TPSA) is 44.1 Å². The van der Waals surface area contributed by atoms with Crippen molar-refractivity contribution in [2.24, 2.45) is 0 Å². The van der Waals surface area contributed by atoms with E-state index in [1.54, 1.807) is 17.0 Å². The first-order valence-corrected chi connectivity index (χ1v) is 7.20. The predicted octanol–water partition coefficient (Wildman–Crippen LogP) is 4.49. The van der Waals surface area contributed by atoms with E-state index < -0.39 is 5.60 Å². The van der Waals surface area contributed by atoms with E-state index in [4.69, 9.17) is 4.74 Å². The molecule has 0 N–H and O–H groups in total. The Kier molecular flexibility index (Phi) is 3.45. The lowest BCUT2D eigenvalue weighted by molar-refractivity contribution is 0.0547. The van der Waals surface area contributed by atoms with Crippen LogP contribution in [-0.4, -0.2) is 21.2 Å². The number of hydrogen-bond donors (Lipinski definition) is 0. The van der Waals surface area contributed by atoms with E-state index in [2.05, 4.69) is 4.98 Å². The lowest BCUT2D eigenvalue weighted by atomic mass is 10.1. The number of carbonyl (C=O) groups excluding carboxylic acids is 1. The Labute approximate surface area is 129 Å². The second kappa shape index (κ2) is 5.30. The van der Waals surface area contributed by atoms with Crippen LogP contribution in [0.4, 0.5) is 4.79 Å². The summed E-state index contributed by atoms with van der Waals surface area (Å²) in [6, 6.07) is 13.6. The number of hydrogen-bond acceptors (Lipinski definition) is 3. The van der Waals surface area contributed by atoms with E-state index in [1.165, 1.54) is 0 Å². The fourth-order valence-corrected chi connectivity index (χ4v) is 2.38. The maximum Gasteiger partial charge on any atom is 0.419 e. The van der Waals surface area contributed by atoms with E-state index in [0.717, 1.165) is 22.2 Å². The third-order valence-electron chi connectivity index (χ3n) is 3.25. The molecule has 0 bridgehead atoms. The number of aromatic nitrogens is 2. The zero-order chi connectivity index (χ0) is 15.7. The van der Waals surface area contributed by atoms with E-state index >= 15 is 0 Å². The van der Waals surface area contributed by atoms with Crippen LogP contribution in [0, 0.1) is 0 Å². The Bertz CT molecular complexity index is 814. The van der Waals surface area contributed by atoms with Gasteiger partial charge >= 0.3 is 6.09 Å². The van der Waals surface area contributed by atoms with Crippen LogP contribution in [0.1, 0.15) is 20.8 Å². The Hall–Kier alpha value is -2.62. The molecular formula is C18H18N2O2. The van der Waals surface area contributed by atoms with Crippen molar-refractivity contribution in [3.8, 4) is 11.3 Å². The molecule has 112 valence electrons. The zero-order valence-electron chi connectivity index (χ0n) is 12.9. The van der Waals surface area contributed by atoms with Gasteiger partial charge in [-0.05, 0) is 38.5 Å². The average Bonchev–Trinajstić information content (AvgIpc) is 2.86. The second-order valence-electron chi connectivity index (χ2n) is 6.15. The van der Waals surface area contributed by atoms with Crippen LogP contribution in [0.25, 0.3) is 22.2 Å². The van der Waals surface area contributed by atoms with Crippen molar-refractivity contribution in [3.05, 3.63) is 54.9 Å². The van der Waals surface area contributed by atoms with Crippen LogP contribution >= 0.6 is 0 Å². The number of carbonyl (C=O) groups is 1. The largest absolute Gasteiger partial charge is 0.443 e. The molecular weight excluding hydrogens is 276 g/mol. The number of benzene rings is 1. The van der Waals surface area contributed by atoms with Gasteiger partial charge in [-0.3, -0.25) is 4.98 Å². The fraction of sp³-hybridized carbons (Fsp3) is 0.222. The highest BCUT2D eigenvalue weighted by molar-refractivity contribution is 5.95. The summed E-state index contributed by atoms with van der Waals surface area (Å²) in [7, 11) is 0. The predicted molar refractivity (Wildman–Crippen MR) is 86.8 cm³/mol. The number of pyridine rings is 1. The number of fused-ring (bicyclic) bond motifs is 1.